The SMILES string of the molecule is CCN(C(=O)c1cc(-c2ccccc2)nc2c1cnn2Cc1ccccc1)C1CCNC1=O. The molecule has 2 aromatic carbocycles. The van der Waals surface area contributed by atoms with E-state index in [1.807, 2.05) is 78.3 Å². The van der Waals surface area contributed by atoms with E-state index in [-0.39, 0.29) is 11.8 Å². The topological polar surface area (TPSA) is 80.1 Å². The second kappa shape index (κ2) is 8.86. The Morgan fingerprint density at radius 3 is 2.52 bits per heavy atom. The fourth-order valence-electron chi connectivity index (χ4n) is 4.39. The Bertz CT molecular complexity index is 1300. The van der Waals surface area contributed by atoms with Gasteiger partial charge in [0.25, 0.3) is 5.91 Å². The van der Waals surface area contributed by atoms with Crippen molar-refractivity contribution in [2.75, 3.05) is 13.1 Å². The molecule has 5 rings (SSSR count). The molecule has 7 heteroatoms. The van der Waals surface area contributed by atoms with E-state index in [9.17, 15) is 9.59 Å². The number of carbonyl (C=O) groups is 2. The molecule has 4 aromatic rings. The fourth-order valence-corrected chi connectivity index (χ4v) is 4.39. The van der Waals surface area contributed by atoms with Crippen molar-refractivity contribution in [2.24, 2.45) is 0 Å². The number of fused-ring (bicyclic) bond motifs is 1. The number of pyridine rings is 1. The molecule has 1 fully saturated rings. The van der Waals surface area contributed by atoms with Crippen molar-refractivity contribution in [1.82, 2.24) is 25.0 Å². The van der Waals surface area contributed by atoms with Gasteiger partial charge in [-0.3, -0.25) is 9.59 Å². The summed E-state index contributed by atoms with van der Waals surface area (Å²) < 4.78 is 1.83. The molecule has 1 saturated heterocycles. The van der Waals surface area contributed by atoms with Gasteiger partial charge in [0.2, 0.25) is 5.91 Å². The molecule has 1 aliphatic rings. The van der Waals surface area contributed by atoms with Crippen LogP contribution in [-0.4, -0.2) is 50.6 Å². The van der Waals surface area contributed by atoms with Crippen molar-refractivity contribution in [3.05, 3.63) is 84.1 Å². The van der Waals surface area contributed by atoms with Crippen LogP contribution in [0.2, 0.25) is 0 Å². The molecule has 33 heavy (non-hydrogen) atoms. The minimum absolute atomic E-state index is 0.0986. The maximum atomic E-state index is 13.8. The van der Waals surface area contributed by atoms with Crippen molar-refractivity contribution >= 4 is 22.8 Å². The Hall–Kier alpha value is -4.00. The number of carbonyl (C=O) groups excluding carboxylic acids is 2. The highest BCUT2D eigenvalue weighted by Gasteiger charge is 2.34. The number of rotatable bonds is 6. The van der Waals surface area contributed by atoms with E-state index in [4.69, 9.17) is 4.98 Å². The highest BCUT2D eigenvalue weighted by molar-refractivity contribution is 6.08. The summed E-state index contributed by atoms with van der Waals surface area (Å²) in [5, 5.41) is 8.09. The number of hydrogen-bond donors (Lipinski definition) is 1. The van der Waals surface area contributed by atoms with Gasteiger partial charge in [-0.25, -0.2) is 9.67 Å². The quantitative estimate of drug-likeness (QED) is 0.499. The molecule has 1 unspecified atom stereocenters. The van der Waals surface area contributed by atoms with Gasteiger partial charge < -0.3 is 10.2 Å². The Labute approximate surface area is 192 Å². The number of aromatic nitrogens is 3. The molecular weight excluding hydrogens is 414 g/mol. The average Bonchev–Trinajstić information content (AvgIpc) is 3.46. The minimum atomic E-state index is -0.453. The van der Waals surface area contributed by atoms with Crippen LogP contribution in [-0.2, 0) is 11.3 Å². The summed E-state index contributed by atoms with van der Waals surface area (Å²) in [7, 11) is 0. The van der Waals surface area contributed by atoms with E-state index in [2.05, 4.69) is 10.4 Å². The van der Waals surface area contributed by atoms with Crippen molar-refractivity contribution < 1.29 is 9.59 Å². The maximum Gasteiger partial charge on any atom is 0.255 e. The number of nitrogens with zero attached hydrogens (tertiary/aromatic N) is 4. The summed E-state index contributed by atoms with van der Waals surface area (Å²) in [5.74, 6) is -0.276. The smallest absolute Gasteiger partial charge is 0.255 e. The van der Waals surface area contributed by atoms with Crippen LogP contribution in [0.4, 0.5) is 0 Å². The third kappa shape index (κ3) is 3.98. The Morgan fingerprint density at radius 2 is 1.85 bits per heavy atom. The van der Waals surface area contributed by atoms with Gasteiger partial charge in [0.15, 0.2) is 5.65 Å². The molecule has 0 saturated carbocycles. The summed E-state index contributed by atoms with van der Waals surface area (Å²) >= 11 is 0. The van der Waals surface area contributed by atoms with Gasteiger partial charge in [-0.2, -0.15) is 5.10 Å². The van der Waals surface area contributed by atoms with Gasteiger partial charge in [-0.15, -0.1) is 0 Å². The Kier molecular flexibility index (Phi) is 5.60. The summed E-state index contributed by atoms with van der Waals surface area (Å²) in [6.07, 6.45) is 2.32. The molecule has 3 heterocycles. The summed E-state index contributed by atoms with van der Waals surface area (Å²) in [6, 6.07) is 21.2. The molecule has 0 bridgehead atoms. The second-order valence-corrected chi connectivity index (χ2v) is 8.13. The molecule has 1 atom stereocenters. The third-order valence-corrected chi connectivity index (χ3v) is 6.08. The van der Waals surface area contributed by atoms with Crippen LogP contribution >= 0.6 is 0 Å². The predicted octanol–water partition coefficient (Wildman–Crippen LogP) is 3.50. The van der Waals surface area contributed by atoms with Crippen LogP contribution in [0.15, 0.2) is 72.9 Å². The molecule has 1 N–H and O–H groups in total. The molecule has 7 nitrogen and oxygen atoms in total. The predicted molar refractivity (Wildman–Crippen MR) is 127 cm³/mol. The molecule has 0 radical (unpaired) electrons. The molecule has 2 amide bonds. The van der Waals surface area contributed by atoms with Crippen molar-refractivity contribution in [1.29, 1.82) is 0 Å². The highest BCUT2D eigenvalue weighted by Crippen LogP contribution is 2.27. The van der Waals surface area contributed by atoms with E-state index in [1.165, 1.54) is 0 Å². The monoisotopic (exact) mass is 439 g/mol. The number of nitrogens with one attached hydrogen (secondary N) is 1. The zero-order chi connectivity index (χ0) is 22.8. The number of benzene rings is 2. The lowest BCUT2D eigenvalue weighted by Gasteiger charge is -2.26. The van der Waals surface area contributed by atoms with E-state index < -0.39 is 6.04 Å². The molecular formula is C26H25N5O2. The first-order chi connectivity index (χ1) is 16.2. The van der Waals surface area contributed by atoms with Crippen LogP contribution in [0, 0.1) is 0 Å². The zero-order valence-electron chi connectivity index (χ0n) is 18.4. The van der Waals surface area contributed by atoms with Crippen LogP contribution in [0.3, 0.4) is 0 Å². The van der Waals surface area contributed by atoms with E-state index >= 15 is 0 Å². The lowest BCUT2D eigenvalue weighted by Crippen LogP contribution is -2.44. The van der Waals surface area contributed by atoms with Gasteiger partial charge in [0, 0.05) is 18.7 Å². The minimum Gasteiger partial charge on any atom is -0.354 e. The van der Waals surface area contributed by atoms with Gasteiger partial charge in [0.05, 0.1) is 29.4 Å². The van der Waals surface area contributed by atoms with Gasteiger partial charge in [0.1, 0.15) is 6.04 Å². The molecule has 0 aliphatic carbocycles. The van der Waals surface area contributed by atoms with Crippen molar-refractivity contribution in [3.8, 4) is 11.3 Å². The van der Waals surface area contributed by atoms with Gasteiger partial charge in [-0.05, 0) is 25.0 Å². The number of hydrogen-bond acceptors (Lipinski definition) is 4. The summed E-state index contributed by atoms with van der Waals surface area (Å²) in [5.41, 5.74) is 3.88. The standard InChI is InChI=1S/C26H25N5O2/c1-2-30(23-13-14-27-25(23)32)26(33)20-15-22(19-11-7-4-8-12-19)29-24-21(20)16-28-31(24)17-18-9-5-3-6-10-18/h3-12,15-16,23H,2,13-14,17H2,1H3,(H,27,32). The van der Waals surface area contributed by atoms with E-state index in [1.54, 1.807) is 11.1 Å². The van der Waals surface area contributed by atoms with Crippen LogP contribution < -0.4 is 5.32 Å². The lowest BCUT2D eigenvalue weighted by atomic mass is 10.0. The summed E-state index contributed by atoms with van der Waals surface area (Å²) in [6.45, 7) is 3.48. The first kappa shape index (κ1) is 20.9. The number of likely N-dealkylation sites (N-methyl/N-ethyl adjacent to an activating group) is 1. The normalized spacial score (nSPS) is 15.5. The second-order valence-electron chi connectivity index (χ2n) is 8.13. The van der Waals surface area contributed by atoms with Crippen LogP contribution in [0.1, 0.15) is 29.3 Å². The average molecular weight is 440 g/mol. The highest BCUT2D eigenvalue weighted by atomic mass is 16.2. The molecule has 2 aromatic heterocycles. The number of amides is 2. The maximum absolute atomic E-state index is 13.8. The largest absolute Gasteiger partial charge is 0.354 e. The molecule has 166 valence electrons. The van der Waals surface area contributed by atoms with Gasteiger partial charge in [-0.1, -0.05) is 60.7 Å². The lowest BCUT2D eigenvalue weighted by molar-refractivity contribution is -0.123. The fraction of sp³-hybridized carbons (Fsp3) is 0.231. The van der Waals surface area contributed by atoms with Crippen molar-refractivity contribution in [3.63, 3.8) is 0 Å². The summed E-state index contributed by atoms with van der Waals surface area (Å²) in [4.78, 5) is 32.6. The van der Waals surface area contributed by atoms with Crippen molar-refractivity contribution in [2.45, 2.75) is 25.9 Å². The first-order valence-corrected chi connectivity index (χ1v) is 11.2. The third-order valence-electron chi connectivity index (χ3n) is 6.08. The van der Waals surface area contributed by atoms with Gasteiger partial charge >= 0.3 is 0 Å². The van der Waals surface area contributed by atoms with E-state index in [0.717, 1.165) is 11.1 Å². The molecule has 1 aliphatic heterocycles. The van der Waals surface area contributed by atoms with Crippen LogP contribution in [0.5, 0.6) is 0 Å². The molecule has 0 spiro atoms. The zero-order valence-corrected chi connectivity index (χ0v) is 18.4. The van der Waals surface area contributed by atoms with Crippen LogP contribution in [0.25, 0.3) is 22.3 Å². The van der Waals surface area contributed by atoms with E-state index in [0.29, 0.717) is 48.3 Å². The first-order valence-electron chi connectivity index (χ1n) is 11.2. The Morgan fingerprint density at radius 1 is 1.12 bits per heavy atom. The Balaban J connectivity index is 1.64.